The first kappa shape index (κ1) is 12.5. The Hall–Kier alpha value is -0.170. The molecular weight excluding hydrogens is 160 g/mol. The van der Waals surface area contributed by atoms with Gasteiger partial charge in [-0.3, -0.25) is 9.11 Å². The number of hydrogen-bond acceptors (Lipinski definition) is 3. The molecule has 0 radical (unpaired) electrons. The maximum absolute atomic E-state index is 8.74. The minimum atomic E-state index is -4.67. The maximum atomic E-state index is 8.74. The van der Waals surface area contributed by atoms with Crippen LogP contribution in [0.4, 0.5) is 0 Å². The van der Waals surface area contributed by atoms with Crippen molar-refractivity contribution < 1.29 is 22.3 Å². The third-order valence-corrected chi connectivity index (χ3v) is 0.408. The zero-order chi connectivity index (χ0) is 8.62. The Kier molecular flexibility index (Phi) is 8.68. The maximum Gasteiger partial charge on any atom is 0.394 e. The van der Waals surface area contributed by atoms with Crippen molar-refractivity contribution in [3.63, 3.8) is 0 Å². The molecule has 0 aromatic heterocycles. The molecular formula is C4H12O5S. The minimum Gasteiger partial charge on any atom is -0.385 e. The average Bonchev–Trinajstić information content (AvgIpc) is 1.63. The van der Waals surface area contributed by atoms with Gasteiger partial charge in [-0.05, 0) is 6.42 Å². The molecule has 0 amide bonds. The second kappa shape index (κ2) is 6.94. The fraction of sp³-hybridized carbons (Fsp3) is 1.00. The topological polar surface area (TPSA) is 83.8 Å². The molecule has 0 saturated heterocycles. The van der Waals surface area contributed by atoms with Crippen molar-refractivity contribution in [1.29, 1.82) is 0 Å². The fourth-order valence-corrected chi connectivity index (χ4v) is 0.204. The van der Waals surface area contributed by atoms with Gasteiger partial charge in [-0.2, -0.15) is 8.42 Å². The summed E-state index contributed by atoms with van der Waals surface area (Å²) < 4.78 is 36.3. The Morgan fingerprint density at radius 3 is 1.70 bits per heavy atom. The lowest BCUT2D eigenvalue weighted by molar-refractivity contribution is 0.199. The van der Waals surface area contributed by atoms with Crippen molar-refractivity contribution in [2.24, 2.45) is 0 Å². The van der Waals surface area contributed by atoms with Gasteiger partial charge in [0.15, 0.2) is 0 Å². The Labute approximate surface area is 60.6 Å². The monoisotopic (exact) mass is 172 g/mol. The van der Waals surface area contributed by atoms with E-state index in [9.17, 15) is 0 Å². The molecule has 0 rings (SSSR count). The first-order valence-electron chi connectivity index (χ1n) is 2.60. The summed E-state index contributed by atoms with van der Waals surface area (Å²) >= 11 is 0. The van der Waals surface area contributed by atoms with Gasteiger partial charge in [0.05, 0.1) is 0 Å². The first-order valence-corrected chi connectivity index (χ1v) is 4.00. The predicted octanol–water partition coefficient (Wildman–Crippen LogP) is 0.390. The van der Waals surface area contributed by atoms with Crippen LogP contribution in [0.15, 0.2) is 0 Å². The molecule has 64 valence electrons. The van der Waals surface area contributed by atoms with E-state index >= 15 is 0 Å². The second-order valence-corrected chi connectivity index (χ2v) is 2.34. The van der Waals surface area contributed by atoms with E-state index in [0.717, 1.165) is 13.0 Å². The first-order chi connectivity index (χ1) is 4.41. The molecule has 0 aliphatic heterocycles. The van der Waals surface area contributed by atoms with E-state index in [2.05, 4.69) is 6.92 Å². The van der Waals surface area contributed by atoms with Crippen molar-refractivity contribution in [3.8, 4) is 0 Å². The van der Waals surface area contributed by atoms with E-state index in [-0.39, 0.29) is 0 Å². The van der Waals surface area contributed by atoms with Crippen LogP contribution in [0.3, 0.4) is 0 Å². The molecule has 0 atom stereocenters. The molecule has 0 bridgehead atoms. The van der Waals surface area contributed by atoms with Crippen molar-refractivity contribution >= 4 is 10.4 Å². The molecule has 0 aliphatic carbocycles. The molecule has 0 saturated carbocycles. The zero-order valence-corrected chi connectivity index (χ0v) is 6.76. The molecule has 10 heavy (non-hydrogen) atoms. The lowest BCUT2D eigenvalue weighted by Gasteiger charge is -1.84. The standard InChI is InChI=1S/C4H10O.H2O4S/c1-3-4-5-2;1-5(2,3)4/h3-4H2,1-2H3;(H2,1,2,3,4). The quantitative estimate of drug-likeness (QED) is 0.588. The summed E-state index contributed by atoms with van der Waals surface area (Å²) in [6, 6.07) is 0. The van der Waals surface area contributed by atoms with Gasteiger partial charge < -0.3 is 4.74 Å². The van der Waals surface area contributed by atoms with Gasteiger partial charge in [0, 0.05) is 13.7 Å². The van der Waals surface area contributed by atoms with Crippen LogP contribution in [-0.2, 0) is 15.1 Å². The van der Waals surface area contributed by atoms with Crippen molar-refractivity contribution in [3.05, 3.63) is 0 Å². The number of hydrogen-bond donors (Lipinski definition) is 2. The molecule has 0 aliphatic rings. The van der Waals surface area contributed by atoms with E-state index in [1.807, 2.05) is 0 Å². The third-order valence-electron chi connectivity index (χ3n) is 0.408. The van der Waals surface area contributed by atoms with Crippen LogP contribution in [0.2, 0.25) is 0 Å². The highest BCUT2D eigenvalue weighted by Gasteiger charge is 1.84. The van der Waals surface area contributed by atoms with Crippen LogP contribution in [0.25, 0.3) is 0 Å². The molecule has 0 spiro atoms. The highest BCUT2D eigenvalue weighted by atomic mass is 32.3. The average molecular weight is 172 g/mol. The van der Waals surface area contributed by atoms with Crippen LogP contribution in [0.5, 0.6) is 0 Å². The summed E-state index contributed by atoms with van der Waals surface area (Å²) in [6.45, 7) is 2.98. The predicted molar refractivity (Wildman–Crippen MR) is 36.3 cm³/mol. The van der Waals surface area contributed by atoms with Gasteiger partial charge in [0.1, 0.15) is 0 Å². The Balaban J connectivity index is 0. The van der Waals surface area contributed by atoms with Gasteiger partial charge >= 0.3 is 10.4 Å². The third kappa shape index (κ3) is 109. The fourth-order valence-electron chi connectivity index (χ4n) is 0.204. The Morgan fingerprint density at radius 2 is 1.70 bits per heavy atom. The molecule has 0 aromatic carbocycles. The Bertz CT molecular complexity index is 128. The van der Waals surface area contributed by atoms with Crippen LogP contribution in [0.1, 0.15) is 13.3 Å². The highest BCUT2D eigenvalue weighted by molar-refractivity contribution is 7.79. The van der Waals surface area contributed by atoms with Crippen molar-refractivity contribution in [2.45, 2.75) is 13.3 Å². The molecule has 0 unspecified atom stereocenters. The van der Waals surface area contributed by atoms with Crippen LogP contribution >= 0.6 is 0 Å². The van der Waals surface area contributed by atoms with E-state index in [1.165, 1.54) is 0 Å². The normalized spacial score (nSPS) is 10.0. The van der Waals surface area contributed by atoms with E-state index in [1.54, 1.807) is 7.11 Å². The molecule has 5 nitrogen and oxygen atoms in total. The lowest BCUT2D eigenvalue weighted by Crippen LogP contribution is -1.89. The van der Waals surface area contributed by atoms with E-state index in [0.29, 0.717) is 0 Å². The SMILES string of the molecule is CCCOC.O=S(=O)(O)O. The summed E-state index contributed by atoms with van der Waals surface area (Å²) in [7, 11) is -2.95. The molecule has 0 aromatic rings. The van der Waals surface area contributed by atoms with Gasteiger partial charge in [-0.25, -0.2) is 0 Å². The summed E-state index contributed by atoms with van der Waals surface area (Å²) in [5.41, 5.74) is 0. The molecule has 0 heterocycles. The van der Waals surface area contributed by atoms with Crippen LogP contribution in [-0.4, -0.2) is 31.2 Å². The lowest BCUT2D eigenvalue weighted by atomic mass is 10.5. The number of methoxy groups -OCH3 is 1. The molecule has 6 heteroatoms. The van der Waals surface area contributed by atoms with E-state index in [4.69, 9.17) is 22.3 Å². The van der Waals surface area contributed by atoms with Crippen LogP contribution < -0.4 is 0 Å². The van der Waals surface area contributed by atoms with Gasteiger partial charge in [-0.1, -0.05) is 6.92 Å². The van der Waals surface area contributed by atoms with Crippen molar-refractivity contribution in [2.75, 3.05) is 13.7 Å². The smallest absolute Gasteiger partial charge is 0.385 e. The summed E-state index contributed by atoms with van der Waals surface area (Å²) in [4.78, 5) is 0. The highest BCUT2D eigenvalue weighted by Crippen LogP contribution is 1.70. The van der Waals surface area contributed by atoms with Gasteiger partial charge in [-0.15, -0.1) is 0 Å². The zero-order valence-electron chi connectivity index (χ0n) is 5.94. The molecule has 2 N–H and O–H groups in total. The number of ether oxygens (including phenoxy) is 1. The van der Waals surface area contributed by atoms with Gasteiger partial charge in [0.25, 0.3) is 0 Å². The van der Waals surface area contributed by atoms with Crippen LogP contribution in [0, 0.1) is 0 Å². The second-order valence-electron chi connectivity index (χ2n) is 1.44. The van der Waals surface area contributed by atoms with E-state index < -0.39 is 10.4 Å². The minimum absolute atomic E-state index is 0.889. The summed E-state index contributed by atoms with van der Waals surface area (Å²) in [5, 5.41) is 0. The number of rotatable bonds is 2. The van der Waals surface area contributed by atoms with Gasteiger partial charge in [0.2, 0.25) is 0 Å². The largest absolute Gasteiger partial charge is 0.394 e. The Morgan fingerprint density at radius 1 is 1.40 bits per heavy atom. The summed E-state index contributed by atoms with van der Waals surface area (Å²) in [5.74, 6) is 0. The van der Waals surface area contributed by atoms with Crippen molar-refractivity contribution in [1.82, 2.24) is 0 Å². The summed E-state index contributed by atoms with van der Waals surface area (Å²) in [6.07, 6.45) is 1.12. The molecule has 0 fully saturated rings.